The maximum absolute atomic E-state index is 13.1. The number of benzene rings is 1. The van der Waals surface area contributed by atoms with E-state index in [0.717, 1.165) is 30.5 Å². The topological polar surface area (TPSA) is 79.7 Å². The van der Waals surface area contributed by atoms with Gasteiger partial charge < -0.3 is 14.6 Å². The number of esters is 1. The second-order valence-electron chi connectivity index (χ2n) is 8.52. The normalized spacial score (nSPS) is 20.6. The Morgan fingerprint density at radius 2 is 2.03 bits per heavy atom. The van der Waals surface area contributed by atoms with Gasteiger partial charge in [-0.1, -0.05) is 42.3 Å². The van der Waals surface area contributed by atoms with Crippen LogP contribution in [-0.4, -0.2) is 46.7 Å². The number of amides is 2. The lowest BCUT2D eigenvalue weighted by Gasteiger charge is -2.34. The highest BCUT2D eigenvalue weighted by molar-refractivity contribution is 6.42. The van der Waals surface area contributed by atoms with Crippen molar-refractivity contribution in [3.8, 4) is 0 Å². The highest BCUT2D eigenvalue weighted by atomic mass is 35.5. The number of rotatable bonds is 5. The molecule has 2 amide bonds. The lowest BCUT2D eigenvalue weighted by Crippen LogP contribution is -2.44. The Morgan fingerprint density at radius 1 is 1.27 bits per heavy atom. The van der Waals surface area contributed by atoms with Crippen molar-refractivity contribution in [3.63, 3.8) is 0 Å². The third-order valence-electron chi connectivity index (χ3n) is 6.38. The largest absolute Gasteiger partial charge is 0.469 e. The molecule has 33 heavy (non-hydrogen) atoms. The maximum atomic E-state index is 13.1. The first-order valence-corrected chi connectivity index (χ1v) is 11.6. The molecule has 2 heterocycles. The molecule has 2 aliphatic rings. The third-order valence-corrected chi connectivity index (χ3v) is 7.12. The first-order valence-electron chi connectivity index (χ1n) is 10.8. The van der Waals surface area contributed by atoms with E-state index in [1.807, 2.05) is 17.7 Å². The van der Waals surface area contributed by atoms with Gasteiger partial charge in [0, 0.05) is 20.1 Å². The number of urea groups is 1. The summed E-state index contributed by atoms with van der Waals surface area (Å²) in [5.74, 6) is 0.891. The van der Waals surface area contributed by atoms with E-state index in [-0.39, 0.29) is 24.0 Å². The van der Waals surface area contributed by atoms with Crippen LogP contribution in [0.5, 0.6) is 0 Å². The number of carbonyl (C=O) groups is 2. The minimum Gasteiger partial charge on any atom is -0.469 e. The van der Waals surface area contributed by atoms with Crippen molar-refractivity contribution in [2.45, 2.75) is 38.3 Å². The zero-order valence-corrected chi connectivity index (χ0v) is 20.4. The number of hydrogen-bond donors (Lipinski definition) is 1. The fourth-order valence-electron chi connectivity index (χ4n) is 4.55. The number of halogens is 2. The quantitative estimate of drug-likeness (QED) is 0.600. The number of aromatic nitrogens is 2. The van der Waals surface area contributed by atoms with Crippen LogP contribution in [0.3, 0.4) is 0 Å². The first-order chi connectivity index (χ1) is 15.7. The van der Waals surface area contributed by atoms with Crippen molar-refractivity contribution >= 4 is 52.7 Å². The number of methoxy groups -OCH3 is 1. The van der Waals surface area contributed by atoms with Gasteiger partial charge in [-0.2, -0.15) is 4.98 Å². The van der Waals surface area contributed by atoms with Gasteiger partial charge in [0.25, 0.3) is 0 Å². The van der Waals surface area contributed by atoms with Crippen LogP contribution < -0.4 is 10.2 Å². The van der Waals surface area contributed by atoms with E-state index in [4.69, 9.17) is 32.9 Å². The molecule has 1 aliphatic carbocycles. The summed E-state index contributed by atoms with van der Waals surface area (Å²) in [5, 5.41) is 4.36. The summed E-state index contributed by atoms with van der Waals surface area (Å²) >= 11 is 12.2. The Bertz CT molecular complexity index is 1120. The van der Waals surface area contributed by atoms with Gasteiger partial charge in [0.1, 0.15) is 5.69 Å². The Hall–Kier alpha value is -2.71. The van der Waals surface area contributed by atoms with Crippen LogP contribution in [0.25, 0.3) is 5.70 Å². The molecule has 2 atom stereocenters. The van der Waals surface area contributed by atoms with Crippen LogP contribution in [0.15, 0.2) is 24.8 Å². The lowest BCUT2D eigenvalue weighted by atomic mass is 9.86. The van der Waals surface area contributed by atoms with E-state index in [9.17, 15) is 9.59 Å². The highest BCUT2D eigenvalue weighted by Gasteiger charge is 2.36. The molecular weight excluding hydrogens is 465 g/mol. The Morgan fingerprint density at radius 3 is 2.73 bits per heavy atom. The average Bonchev–Trinajstić information content (AvgIpc) is 3.13. The molecule has 0 saturated heterocycles. The predicted molar refractivity (Wildman–Crippen MR) is 129 cm³/mol. The maximum Gasteiger partial charge on any atom is 0.330 e. The number of hydrogen-bond acceptors (Lipinski definition) is 5. The van der Waals surface area contributed by atoms with Gasteiger partial charge in [-0.3, -0.25) is 14.6 Å². The Labute approximate surface area is 203 Å². The van der Waals surface area contributed by atoms with Gasteiger partial charge >= 0.3 is 12.0 Å². The van der Waals surface area contributed by atoms with E-state index in [2.05, 4.69) is 11.9 Å². The van der Waals surface area contributed by atoms with Crippen molar-refractivity contribution in [2.24, 2.45) is 13.0 Å². The smallest absolute Gasteiger partial charge is 0.330 e. The highest BCUT2D eigenvalue weighted by Crippen LogP contribution is 2.38. The zero-order valence-electron chi connectivity index (χ0n) is 18.9. The number of fused-ring (bicyclic) bond motifs is 1. The van der Waals surface area contributed by atoms with Crippen LogP contribution in [0, 0.1) is 5.92 Å². The number of nitrogens with one attached hydrogen (secondary N) is 1. The number of nitrogens with zero attached hydrogens (tertiary/aromatic N) is 4. The van der Waals surface area contributed by atoms with Gasteiger partial charge in [-0.15, -0.1) is 0 Å². The third kappa shape index (κ3) is 4.42. The number of ether oxygens (including phenoxy) is 1. The van der Waals surface area contributed by atoms with E-state index in [0.29, 0.717) is 40.5 Å². The second-order valence-corrected chi connectivity index (χ2v) is 9.33. The molecule has 1 aromatic heterocycles. The van der Waals surface area contributed by atoms with Gasteiger partial charge in [-0.25, -0.2) is 4.79 Å². The lowest BCUT2D eigenvalue weighted by molar-refractivity contribution is -0.146. The van der Waals surface area contributed by atoms with E-state index >= 15 is 0 Å². The average molecular weight is 492 g/mol. The summed E-state index contributed by atoms with van der Waals surface area (Å²) in [6.45, 7) is 4.50. The summed E-state index contributed by atoms with van der Waals surface area (Å²) in [4.78, 5) is 32.9. The molecule has 10 heteroatoms. The molecule has 1 fully saturated rings. The fraction of sp³-hybridized carbons (Fsp3) is 0.435. The van der Waals surface area contributed by atoms with Crippen LogP contribution in [0.1, 0.15) is 36.9 Å². The summed E-state index contributed by atoms with van der Waals surface area (Å²) in [7, 11) is 5.01. The van der Waals surface area contributed by atoms with Gasteiger partial charge in [-0.05, 0) is 37.0 Å². The van der Waals surface area contributed by atoms with Crippen molar-refractivity contribution in [2.75, 3.05) is 24.4 Å². The summed E-state index contributed by atoms with van der Waals surface area (Å²) in [5.41, 5.74) is 2.14. The van der Waals surface area contributed by atoms with Crippen LogP contribution in [0.2, 0.25) is 10.0 Å². The number of carbonyl (C=O) groups excluding carboxylic acids is 2. The van der Waals surface area contributed by atoms with E-state index < -0.39 is 0 Å². The summed E-state index contributed by atoms with van der Waals surface area (Å²) < 4.78 is 6.84. The Kier molecular flexibility index (Phi) is 6.59. The first kappa shape index (κ1) is 23.4. The van der Waals surface area contributed by atoms with Gasteiger partial charge in [0.2, 0.25) is 5.95 Å². The fourth-order valence-corrected chi connectivity index (χ4v) is 4.87. The molecule has 0 radical (unpaired) electrons. The van der Waals surface area contributed by atoms with Crippen LogP contribution >= 0.6 is 23.2 Å². The van der Waals surface area contributed by atoms with Crippen molar-refractivity contribution < 1.29 is 14.3 Å². The second kappa shape index (κ2) is 9.27. The summed E-state index contributed by atoms with van der Waals surface area (Å²) in [6.07, 6.45) is 3.39. The van der Waals surface area contributed by atoms with E-state index in [1.165, 1.54) is 12.0 Å². The van der Waals surface area contributed by atoms with Gasteiger partial charge in [0.05, 0.1) is 35.3 Å². The predicted octanol–water partition coefficient (Wildman–Crippen LogP) is 4.91. The molecule has 1 aromatic carbocycles. The minimum absolute atomic E-state index is 0.0898. The molecule has 1 saturated carbocycles. The molecule has 0 bridgehead atoms. The van der Waals surface area contributed by atoms with Crippen molar-refractivity contribution in [3.05, 3.63) is 46.1 Å². The van der Waals surface area contributed by atoms with Crippen LogP contribution in [0.4, 0.5) is 16.6 Å². The zero-order chi connectivity index (χ0) is 23.9. The van der Waals surface area contributed by atoms with E-state index in [1.54, 1.807) is 24.1 Å². The standard InChI is InChI=1S/C23H27Cl2N5O3/c1-13-19-20(29(3)23(32)30(13)12-14-8-9-17(24)18(25)10-14)27-22(28(19)2)26-16-7-5-6-15(11-16)21(31)33-4/h8-10,15-16H,1,5-7,11-12H2,2-4H3,(H,26,27)/t15-,16+/m1/s1. The molecule has 0 unspecified atom stereocenters. The monoisotopic (exact) mass is 491 g/mol. The Balaban J connectivity index is 1.57. The molecular formula is C23H27Cl2N5O3. The SMILES string of the molecule is C=C1c2c(nc(N[C@H]3CCC[C@@H](C(=O)OC)C3)n2C)N(C)C(=O)N1Cc1ccc(Cl)c(Cl)c1. The van der Waals surface area contributed by atoms with Crippen molar-refractivity contribution in [1.29, 1.82) is 0 Å². The summed E-state index contributed by atoms with van der Waals surface area (Å²) in [6, 6.07) is 5.15. The molecule has 2 aromatic rings. The molecule has 1 aliphatic heterocycles. The molecule has 0 spiro atoms. The molecule has 176 valence electrons. The molecule has 1 N–H and O–H groups in total. The number of imidazole rings is 1. The molecule has 8 nitrogen and oxygen atoms in total. The molecule has 4 rings (SSSR count). The van der Waals surface area contributed by atoms with Crippen molar-refractivity contribution in [1.82, 2.24) is 14.5 Å². The minimum atomic E-state index is -0.230. The van der Waals surface area contributed by atoms with Crippen LogP contribution in [-0.2, 0) is 23.1 Å². The van der Waals surface area contributed by atoms with Gasteiger partial charge in [0.15, 0.2) is 5.82 Å². The number of anilines is 2.